The number of carbonyl (C=O) groups is 1. The first-order valence-corrected chi connectivity index (χ1v) is 5.78. The predicted octanol–water partition coefficient (Wildman–Crippen LogP) is 0.218. The van der Waals surface area contributed by atoms with Gasteiger partial charge in [0.15, 0.2) is 5.92 Å². The molecule has 0 amide bonds. The second kappa shape index (κ2) is 6.06. The first kappa shape index (κ1) is 14.4. The Labute approximate surface area is 87.3 Å². The third-order valence-electron chi connectivity index (χ3n) is 1.61. The number of rotatable bonds is 6. The first-order chi connectivity index (χ1) is 6.75. The van der Waals surface area contributed by atoms with Crippen LogP contribution in [-0.4, -0.2) is 46.6 Å². The minimum absolute atomic E-state index is 0.100. The molecule has 90 valence electrons. The molecule has 2 unspecified atom stereocenters. The van der Waals surface area contributed by atoms with E-state index in [1.165, 1.54) is 6.26 Å². The number of hydrogen-bond donors (Lipinski definition) is 2. The Balaban J connectivity index is 3.99. The first-order valence-electron chi connectivity index (χ1n) is 4.05. The quantitative estimate of drug-likeness (QED) is 0.659. The van der Waals surface area contributed by atoms with Crippen LogP contribution in [-0.2, 0) is 15.6 Å². The summed E-state index contributed by atoms with van der Waals surface area (Å²) in [4.78, 5) is 10.3. The van der Waals surface area contributed by atoms with Gasteiger partial charge in [-0.2, -0.15) is 13.2 Å². The van der Waals surface area contributed by atoms with Crippen molar-refractivity contribution >= 4 is 16.8 Å². The molecule has 8 heteroatoms. The van der Waals surface area contributed by atoms with Gasteiger partial charge < -0.3 is 10.4 Å². The number of alkyl halides is 3. The van der Waals surface area contributed by atoms with Gasteiger partial charge in [-0.05, 0) is 0 Å². The molecule has 0 aliphatic heterocycles. The third-order valence-corrected chi connectivity index (χ3v) is 2.39. The van der Waals surface area contributed by atoms with Crippen molar-refractivity contribution in [3.8, 4) is 0 Å². The molecule has 0 radical (unpaired) electrons. The molecule has 0 aliphatic carbocycles. The van der Waals surface area contributed by atoms with Crippen LogP contribution in [0.3, 0.4) is 0 Å². The number of hydrogen-bond acceptors (Lipinski definition) is 3. The fraction of sp³-hybridized carbons (Fsp3) is 0.857. The summed E-state index contributed by atoms with van der Waals surface area (Å²) in [6, 6.07) is 0. The summed E-state index contributed by atoms with van der Waals surface area (Å²) in [7, 11) is -1.10. The van der Waals surface area contributed by atoms with Crippen molar-refractivity contribution in [2.75, 3.05) is 25.1 Å². The van der Waals surface area contributed by atoms with Crippen LogP contribution in [0.1, 0.15) is 0 Å². The molecule has 2 N–H and O–H groups in total. The summed E-state index contributed by atoms with van der Waals surface area (Å²) < 4.78 is 46.8. The average molecular weight is 247 g/mol. The van der Waals surface area contributed by atoms with Gasteiger partial charge >= 0.3 is 12.1 Å². The van der Waals surface area contributed by atoms with Crippen LogP contribution >= 0.6 is 0 Å². The van der Waals surface area contributed by atoms with Crippen molar-refractivity contribution in [2.45, 2.75) is 6.18 Å². The minimum Gasteiger partial charge on any atom is -0.481 e. The van der Waals surface area contributed by atoms with Gasteiger partial charge in [0.05, 0.1) is 0 Å². The van der Waals surface area contributed by atoms with Crippen LogP contribution in [0.5, 0.6) is 0 Å². The van der Waals surface area contributed by atoms with E-state index in [-0.39, 0.29) is 12.3 Å². The second-order valence-corrected chi connectivity index (χ2v) is 4.47. The van der Waals surface area contributed by atoms with Crippen molar-refractivity contribution < 1.29 is 27.3 Å². The molecule has 0 aromatic heterocycles. The molecule has 15 heavy (non-hydrogen) atoms. The zero-order chi connectivity index (χ0) is 12.1. The average Bonchev–Trinajstić information content (AvgIpc) is 1.99. The molecule has 0 bridgehead atoms. The smallest absolute Gasteiger partial charge is 0.403 e. The van der Waals surface area contributed by atoms with E-state index >= 15 is 0 Å². The Bertz CT molecular complexity index is 244. The highest BCUT2D eigenvalue weighted by Crippen LogP contribution is 2.25. The molecule has 0 saturated carbocycles. The third kappa shape index (κ3) is 6.45. The van der Waals surface area contributed by atoms with E-state index in [0.29, 0.717) is 0 Å². The molecule has 0 aromatic carbocycles. The van der Waals surface area contributed by atoms with Crippen LogP contribution in [0.4, 0.5) is 13.2 Å². The summed E-state index contributed by atoms with van der Waals surface area (Å²) in [6.45, 7) is -0.598. The maximum absolute atomic E-state index is 12.1. The number of carboxylic acid groups (broad SMARTS) is 1. The van der Waals surface area contributed by atoms with Gasteiger partial charge in [0.1, 0.15) is 0 Å². The molecular weight excluding hydrogens is 235 g/mol. The maximum Gasteiger partial charge on any atom is 0.403 e. The van der Waals surface area contributed by atoms with E-state index in [1.807, 2.05) is 0 Å². The number of nitrogens with one attached hydrogen (secondary N) is 1. The highest BCUT2D eigenvalue weighted by Gasteiger charge is 2.44. The molecule has 0 fully saturated rings. The molecule has 0 spiro atoms. The van der Waals surface area contributed by atoms with E-state index in [0.717, 1.165) is 0 Å². The second-order valence-electron chi connectivity index (χ2n) is 2.91. The topological polar surface area (TPSA) is 66.4 Å². The van der Waals surface area contributed by atoms with Crippen LogP contribution in [0.15, 0.2) is 0 Å². The summed E-state index contributed by atoms with van der Waals surface area (Å²) in [6.07, 6.45) is -3.34. The Kier molecular flexibility index (Phi) is 5.81. The van der Waals surface area contributed by atoms with E-state index in [2.05, 4.69) is 5.32 Å². The van der Waals surface area contributed by atoms with Crippen molar-refractivity contribution in [3.63, 3.8) is 0 Å². The van der Waals surface area contributed by atoms with E-state index in [4.69, 9.17) is 5.11 Å². The Morgan fingerprint density at radius 2 is 2.07 bits per heavy atom. The van der Waals surface area contributed by atoms with Gasteiger partial charge in [0.2, 0.25) is 0 Å². The molecule has 0 heterocycles. The summed E-state index contributed by atoms with van der Waals surface area (Å²) in [5.74, 6) is -4.13. The molecule has 0 aliphatic rings. The fourth-order valence-corrected chi connectivity index (χ4v) is 1.24. The summed E-state index contributed by atoms with van der Waals surface area (Å²) in [5, 5.41) is 10.6. The Morgan fingerprint density at radius 3 is 2.40 bits per heavy atom. The van der Waals surface area contributed by atoms with Crippen molar-refractivity contribution in [3.05, 3.63) is 0 Å². The molecule has 0 aromatic rings. The van der Waals surface area contributed by atoms with E-state index < -0.39 is 35.4 Å². The normalized spacial score (nSPS) is 16.0. The molecule has 0 saturated heterocycles. The number of carboxylic acids is 1. The highest BCUT2D eigenvalue weighted by molar-refractivity contribution is 7.84. The minimum atomic E-state index is -4.76. The van der Waals surface area contributed by atoms with E-state index in [1.54, 1.807) is 0 Å². The van der Waals surface area contributed by atoms with Crippen LogP contribution < -0.4 is 5.32 Å². The molecule has 0 rings (SSSR count). The summed E-state index contributed by atoms with van der Waals surface area (Å²) >= 11 is 0. The molecule has 2 atom stereocenters. The zero-order valence-corrected chi connectivity index (χ0v) is 8.82. The highest BCUT2D eigenvalue weighted by atomic mass is 32.2. The van der Waals surface area contributed by atoms with Crippen molar-refractivity contribution in [1.29, 1.82) is 0 Å². The monoisotopic (exact) mass is 247 g/mol. The lowest BCUT2D eigenvalue weighted by molar-refractivity contribution is -0.192. The molecular formula is C7H12F3NO3S. The van der Waals surface area contributed by atoms with Gasteiger partial charge in [-0.25, -0.2) is 0 Å². The SMILES string of the molecule is CS(=O)CCNCC(C(=O)O)C(F)(F)F. The predicted molar refractivity (Wildman–Crippen MR) is 49.0 cm³/mol. The Hall–Kier alpha value is -0.630. The van der Waals surface area contributed by atoms with Crippen molar-refractivity contribution in [2.24, 2.45) is 5.92 Å². The van der Waals surface area contributed by atoms with Gasteiger partial charge in [-0.1, -0.05) is 0 Å². The van der Waals surface area contributed by atoms with E-state index in [9.17, 15) is 22.2 Å². The summed E-state index contributed by atoms with van der Waals surface area (Å²) in [5.41, 5.74) is 0. The number of aliphatic carboxylic acids is 1. The lowest BCUT2D eigenvalue weighted by Crippen LogP contribution is -2.40. The fourth-order valence-electron chi connectivity index (χ4n) is 0.805. The van der Waals surface area contributed by atoms with Crippen LogP contribution in [0.2, 0.25) is 0 Å². The standard InChI is InChI=1S/C7H12F3NO3S/c1-15(14)3-2-11-4-5(6(12)13)7(8,9)10/h5,11H,2-4H2,1H3,(H,12,13). The number of halogens is 3. The zero-order valence-electron chi connectivity index (χ0n) is 8.00. The Morgan fingerprint density at radius 1 is 1.53 bits per heavy atom. The largest absolute Gasteiger partial charge is 0.481 e. The van der Waals surface area contributed by atoms with Crippen molar-refractivity contribution in [1.82, 2.24) is 5.32 Å². The molecule has 4 nitrogen and oxygen atoms in total. The van der Waals surface area contributed by atoms with Gasteiger partial charge in [0, 0.05) is 35.9 Å². The van der Waals surface area contributed by atoms with Crippen LogP contribution in [0, 0.1) is 5.92 Å². The van der Waals surface area contributed by atoms with Gasteiger partial charge in [-0.15, -0.1) is 0 Å². The van der Waals surface area contributed by atoms with Gasteiger partial charge in [0.25, 0.3) is 0 Å². The van der Waals surface area contributed by atoms with Gasteiger partial charge in [-0.3, -0.25) is 9.00 Å². The lowest BCUT2D eigenvalue weighted by Gasteiger charge is -2.16. The van der Waals surface area contributed by atoms with Crippen LogP contribution in [0.25, 0.3) is 0 Å². The lowest BCUT2D eigenvalue weighted by atomic mass is 10.1. The maximum atomic E-state index is 12.1.